The molecule has 0 aromatic heterocycles. The van der Waals surface area contributed by atoms with Gasteiger partial charge in [-0.2, -0.15) is 0 Å². The molecule has 0 radical (unpaired) electrons. The van der Waals surface area contributed by atoms with Crippen LogP contribution in [0.1, 0.15) is 85.4 Å². The summed E-state index contributed by atoms with van der Waals surface area (Å²) in [4.78, 5) is 42.5. The highest BCUT2D eigenvalue weighted by Crippen LogP contribution is 2.61. The number of Topliss-reactive ketones (excluding diaryl/α,β-unsaturated/α-hetero) is 1. The molecular formula is C28H36N2O3. The molecule has 0 atom stereocenters. The number of carbonyl (C=O) groups is 3. The van der Waals surface area contributed by atoms with Gasteiger partial charge in [0.25, 0.3) is 5.91 Å². The number of carbonyl (C=O) groups excluding carboxylic acids is 3. The van der Waals surface area contributed by atoms with E-state index in [2.05, 4.69) is 4.90 Å². The van der Waals surface area contributed by atoms with E-state index in [9.17, 15) is 14.4 Å². The Labute approximate surface area is 196 Å². The Morgan fingerprint density at radius 3 is 1.76 bits per heavy atom. The molecule has 5 nitrogen and oxygen atoms in total. The first kappa shape index (κ1) is 21.4. The summed E-state index contributed by atoms with van der Waals surface area (Å²) in [5, 5.41) is 0. The van der Waals surface area contributed by atoms with Gasteiger partial charge in [-0.15, -0.1) is 0 Å². The fraction of sp³-hybridized carbons (Fsp3) is 0.679. The van der Waals surface area contributed by atoms with Gasteiger partial charge in [-0.1, -0.05) is 12.1 Å². The second-order valence-electron chi connectivity index (χ2n) is 12.1. The molecule has 4 saturated carbocycles. The molecule has 33 heavy (non-hydrogen) atoms. The van der Waals surface area contributed by atoms with Crippen LogP contribution in [-0.2, 0) is 4.79 Å². The zero-order chi connectivity index (χ0) is 22.8. The van der Waals surface area contributed by atoms with Crippen molar-refractivity contribution in [2.75, 3.05) is 26.2 Å². The second kappa shape index (κ2) is 7.68. The van der Waals surface area contributed by atoms with Crippen molar-refractivity contribution in [1.82, 2.24) is 9.80 Å². The zero-order valence-corrected chi connectivity index (χ0v) is 19.9. The number of hydrogen-bond acceptors (Lipinski definition) is 3. The van der Waals surface area contributed by atoms with Crippen molar-refractivity contribution in [2.24, 2.45) is 28.6 Å². The van der Waals surface area contributed by atoms with Crippen LogP contribution in [0.25, 0.3) is 0 Å². The summed E-state index contributed by atoms with van der Waals surface area (Å²) in [6, 6.07) is 7.02. The van der Waals surface area contributed by atoms with Crippen molar-refractivity contribution >= 4 is 17.6 Å². The molecule has 2 heterocycles. The van der Waals surface area contributed by atoms with E-state index in [1.807, 2.05) is 4.90 Å². The Hall–Kier alpha value is -2.17. The Balaban J connectivity index is 1.08. The van der Waals surface area contributed by atoms with Crippen LogP contribution in [0.3, 0.4) is 0 Å². The molecule has 1 aromatic rings. The lowest BCUT2D eigenvalue weighted by Crippen LogP contribution is -2.54. The summed E-state index contributed by atoms with van der Waals surface area (Å²) in [5.74, 6) is 2.95. The Morgan fingerprint density at radius 2 is 1.24 bits per heavy atom. The lowest BCUT2D eigenvalue weighted by molar-refractivity contribution is -0.157. The van der Waals surface area contributed by atoms with E-state index in [-0.39, 0.29) is 22.5 Å². The Kier molecular flexibility index (Phi) is 4.97. The Morgan fingerprint density at radius 1 is 0.758 bits per heavy atom. The Bertz CT molecular complexity index is 938. The van der Waals surface area contributed by atoms with Crippen LogP contribution in [0.15, 0.2) is 24.3 Å². The van der Waals surface area contributed by atoms with Crippen molar-refractivity contribution in [3.05, 3.63) is 35.4 Å². The maximum Gasteiger partial charge on any atom is 0.253 e. The second-order valence-corrected chi connectivity index (χ2v) is 12.1. The quantitative estimate of drug-likeness (QED) is 0.637. The summed E-state index contributed by atoms with van der Waals surface area (Å²) in [7, 11) is 0. The average Bonchev–Trinajstić information content (AvgIpc) is 3.21. The summed E-state index contributed by atoms with van der Waals surface area (Å²) < 4.78 is 0. The van der Waals surface area contributed by atoms with Crippen LogP contribution in [0, 0.1) is 28.6 Å². The minimum absolute atomic E-state index is 0.0165. The lowest BCUT2D eigenvalue weighted by atomic mass is 9.49. The van der Waals surface area contributed by atoms with Gasteiger partial charge < -0.3 is 9.80 Å². The number of nitrogens with zero attached hydrogens (tertiary/aromatic N) is 2. The molecule has 0 N–H and O–H groups in total. The summed E-state index contributed by atoms with van der Waals surface area (Å²) in [6.45, 7) is 4.85. The van der Waals surface area contributed by atoms with Crippen LogP contribution in [0.2, 0.25) is 0 Å². The largest absolute Gasteiger partial charge is 0.342 e. The van der Waals surface area contributed by atoms with E-state index in [0.29, 0.717) is 17.0 Å². The molecule has 7 rings (SSSR count). The highest BCUT2D eigenvalue weighted by Gasteiger charge is 2.57. The minimum Gasteiger partial charge on any atom is -0.342 e. The van der Waals surface area contributed by atoms with Gasteiger partial charge in [0.2, 0.25) is 5.91 Å². The predicted octanol–water partition coefficient (Wildman–Crippen LogP) is 4.56. The SMILES string of the molecule is CC(=O)c1ccc(C(=O)N2CCC3(CC2)CCN(C(=O)C24CC5CC(CC(C5)C2)C4)C3)cc1. The number of rotatable bonds is 3. The molecule has 4 aliphatic carbocycles. The number of piperidine rings is 1. The van der Waals surface area contributed by atoms with Gasteiger partial charge in [-0.3, -0.25) is 14.4 Å². The smallest absolute Gasteiger partial charge is 0.253 e. The van der Waals surface area contributed by atoms with Gasteiger partial charge in [-0.05, 0) is 100 Å². The monoisotopic (exact) mass is 448 g/mol. The van der Waals surface area contributed by atoms with E-state index >= 15 is 0 Å². The van der Waals surface area contributed by atoms with Gasteiger partial charge in [-0.25, -0.2) is 0 Å². The van der Waals surface area contributed by atoms with Crippen LogP contribution in [-0.4, -0.2) is 53.6 Å². The molecule has 176 valence electrons. The fourth-order valence-corrected chi connectivity index (χ4v) is 8.44. The first-order valence-corrected chi connectivity index (χ1v) is 13.0. The molecular weight excluding hydrogens is 412 g/mol. The highest BCUT2D eigenvalue weighted by atomic mass is 16.2. The standard InChI is InChI=1S/C28H36N2O3/c1-19(31)23-2-4-24(5-3-23)25(32)29-9-6-27(7-10-29)8-11-30(18-27)26(33)28-15-20-12-21(16-28)14-22(13-20)17-28/h2-5,20-22H,6-18H2,1H3. The summed E-state index contributed by atoms with van der Waals surface area (Å²) >= 11 is 0. The van der Waals surface area contributed by atoms with Gasteiger partial charge >= 0.3 is 0 Å². The average molecular weight is 449 g/mol. The van der Waals surface area contributed by atoms with Crippen molar-refractivity contribution in [3.63, 3.8) is 0 Å². The van der Waals surface area contributed by atoms with Crippen molar-refractivity contribution < 1.29 is 14.4 Å². The summed E-state index contributed by atoms with van der Waals surface area (Å²) in [5.41, 5.74) is 1.44. The number of likely N-dealkylation sites (tertiary alicyclic amines) is 2. The first-order valence-electron chi connectivity index (χ1n) is 13.0. The van der Waals surface area contributed by atoms with Crippen LogP contribution in [0.4, 0.5) is 0 Å². The molecule has 6 aliphatic rings. The molecule has 2 aliphatic heterocycles. The van der Waals surface area contributed by atoms with Gasteiger partial charge in [0, 0.05) is 37.3 Å². The van der Waals surface area contributed by atoms with E-state index in [1.165, 1.54) is 19.3 Å². The minimum atomic E-state index is -0.0387. The molecule has 6 fully saturated rings. The molecule has 2 amide bonds. The third-order valence-corrected chi connectivity index (χ3v) is 9.87. The third-order valence-electron chi connectivity index (χ3n) is 9.87. The highest BCUT2D eigenvalue weighted by molar-refractivity contribution is 5.97. The normalized spacial score (nSPS) is 34.2. The number of hydrogen-bond donors (Lipinski definition) is 0. The maximum atomic E-state index is 13.8. The zero-order valence-electron chi connectivity index (χ0n) is 19.9. The van der Waals surface area contributed by atoms with Gasteiger partial charge in [0.15, 0.2) is 5.78 Å². The van der Waals surface area contributed by atoms with Crippen molar-refractivity contribution in [3.8, 4) is 0 Å². The molecule has 5 heteroatoms. The van der Waals surface area contributed by atoms with Crippen molar-refractivity contribution in [1.29, 1.82) is 0 Å². The maximum absolute atomic E-state index is 13.8. The van der Waals surface area contributed by atoms with Gasteiger partial charge in [0.05, 0.1) is 5.41 Å². The van der Waals surface area contributed by atoms with E-state index in [4.69, 9.17) is 0 Å². The van der Waals surface area contributed by atoms with E-state index in [1.54, 1.807) is 31.2 Å². The number of benzene rings is 1. The summed E-state index contributed by atoms with van der Waals surface area (Å²) in [6.07, 6.45) is 10.6. The van der Waals surface area contributed by atoms with Crippen LogP contribution >= 0.6 is 0 Å². The molecule has 4 bridgehead atoms. The topological polar surface area (TPSA) is 57.7 Å². The molecule has 1 spiro atoms. The van der Waals surface area contributed by atoms with Gasteiger partial charge in [0.1, 0.15) is 0 Å². The van der Waals surface area contributed by atoms with Crippen molar-refractivity contribution in [2.45, 2.75) is 64.7 Å². The number of ketones is 1. The van der Waals surface area contributed by atoms with Crippen LogP contribution < -0.4 is 0 Å². The predicted molar refractivity (Wildman–Crippen MR) is 126 cm³/mol. The third kappa shape index (κ3) is 3.63. The van der Waals surface area contributed by atoms with E-state index < -0.39 is 0 Å². The van der Waals surface area contributed by atoms with Crippen LogP contribution in [0.5, 0.6) is 0 Å². The number of amides is 2. The lowest BCUT2D eigenvalue weighted by Gasteiger charge is -2.56. The molecule has 2 saturated heterocycles. The first-order chi connectivity index (χ1) is 15.8. The van der Waals surface area contributed by atoms with E-state index in [0.717, 1.165) is 82.5 Å². The molecule has 1 aromatic carbocycles. The molecule has 0 unspecified atom stereocenters. The fourth-order valence-electron chi connectivity index (χ4n) is 8.44.